The number of hydrogen-bond acceptors (Lipinski definition) is 5. The van der Waals surface area contributed by atoms with Gasteiger partial charge in [-0.15, -0.1) is 24.8 Å². The van der Waals surface area contributed by atoms with E-state index in [4.69, 9.17) is 17.3 Å². The van der Waals surface area contributed by atoms with E-state index < -0.39 is 0 Å². The van der Waals surface area contributed by atoms with Crippen LogP contribution in [0.4, 0.5) is 10.2 Å². The number of aromatic nitrogens is 4. The summed E-state index contributed by atoms with van der Waals surface area (Å²) in [5, 5.41) is 4.00. The summed E-state index contributed by atoms with van der Waals surface area (Å²) in [6, 6.07) is 3.56. The molecule has 3 heterocycles. The minimum atomic E-state index is -0.372. The van der Waals surface area contributed by atoms with Crippen molar-refractivity contribution in [3.05, 3.63) is 46.9 Å². The number of nitrogens with zero attached hydrogens (tertiary/aromatic N) is 3. The van der Waals surface area contributed by atoms with Crippen molar-refractivity contribution in [2.75, 3.05) is 5.32 Å². The molecule has 0 bridgehead atoms. The van der Waals surface area contributed by atoms with Crippen LogP contribution in [-0.4, -0.2) is 26.0 Å². The van der Waals surface area contributed by atoms with Gasteiger partial charge in [0.15, 0.2) is 0 Å². The maximum Gasteiger partial charge on any atom is 0.226 e. The fourth-order valence-corrected chi connectivity index (χ4v) is 2.52. The smallest absolute Gasteiger partial charge is 0.226 e. The molecule has 0 radical (unpaired) electrons. The minimum absolute atomic E-state index is 0. The summed E-state index contributed by atoms with van der Waals surface area (Å²) in [6.07, 6.45) is 3.41. The quantitative estimate of drug-likeness (QED) is 0.563. The molecule has 10 heteroatoms. The highest BCUT2D eigenvalue weighted by atomic mass is 35.5. The number of hydrogen-bond donors (Lipinski definition) is 3. The Kier molecular flexibility index (Phi) is 7.82. The van der Waals surface area contributed by atoms with Crippen LogP contribution in [0.5, 0.6) is 0 Å². The molecule has 3 rings (SSSR count). The van der Waals surface area contributed by atoms with Crippen LogP contribution in [0.15, 0.2) is 24.5 Å². The van der Waals surface area contributed by atoms with E-state index in [9.17, 15) is 4.39 Å². The Balaban J connectivity index is 0.00000156. The van der Waals surface area contributed by atoms with Gasteiger partial charge < -0.3 is 16.0 Å². The third kappa shape index (κ3) is 5.15. The van der Waals surface area contributed by atoms with Gasteiger partial charge in [-0.3, -0.25) is 4.98 Å². The van der Waals surface area contributed by atoms with E-state index in [1.807, 2.05) is 13.0 Å². The van der Waals surface area contributed by atoms with Crippen LogP contribution in [-0.2, 0) is 13.0 Å². The Bertz CT molecular complexity index is 839. The number of rotatable bonds is 5. The maximum absolute atomic E-state index is 13.7. The van der Waals surface area contributed by atoms with Crippen LogP contribution in [0.25, 0.3) is 11.0 Å². The van der Waals surface area contributed by atoms with Crippen molar-refractivity contribution in [3.8, 4) is 0 Å². The van der Waals surface area contributed by atoms with Crippen LogP contribution in [0.1, 0.15) is 18.2 Å². The molecule has 0 saturated carbocycles. The lowest BCUT2D eigenvalue weighted by atomic mass is 10.2. The second kappa shape index (κ2) is 9.15. The van der Waals surface area contributed by atoms with Crippen LogP contribution >= 0.6 is 36.4 Å². The molecule has 0 aliphatic rings. The molecule has 25 heavy (non-hydrogen) atoms. The Morgan fingerprint density at radius 3 is 2.80 bits per heavy atom. The molecule has 3 aromatic rings. The molecule has 6 nitrogen and oxygen atoms in total. The first-order chi connectivity index (χ1) is 11.0. The standard InChI is InChI=1S/C15H16ClFN6.2ClH/c1-8(18)4-10-5-11-13(22-15(16)23-14(11)21-10)20-6-9-2-3-19-7-12(9)17;;/h2-3,5,7-8H,4,6,18H2,1H3,(H2,20,21,22,23);2*1H/t8-;;/m0../s1. The molecule has 0 unspecified atom stereocenters. The fraction of sp³-hybridized carbons (Fsp3) is 0.267. The zero-order valence-electron chi connectivity index (χ0n) is 13.3. The zero-order valence-corrected chi connectivity index (χ0v) is 15.7. The molecular formula is C15H18Cl3FN6. The first-order valence-corrected chi connectivity index (χ1v) is 7.53. The van der Waals surface area contributed by atoms with Gasteiger partial charge in [0.1, 0.15) is 17.3 Å². The van der Waals surface area contributed by atoms with Crippen molar-refractivity contribution >= 4 is 53.3 Å². The fourth-order valence-electron chi connectivity index (χ4n) is 2.35. The Hall–Kier alpha value is -1.67. The molecule has 0 aromatic carbocycles. The van der Waals surface area contributed by atoms with Crippen LogP contribution in [0.3, 0.4) is 0 Å². The van der Waals surface area contributed by atoms with Crippen LogP contribution in [0, 0.1) is 5.82 Å². The molecule has 4 N–H and O–H groups in total. The lowest BCUT2D eigenvalue weighted by molar-refractivity contribution is 0.606. The summed E-state index contributed by atoms with van der Waals surface area (Å²) in [6.45, 7) is 2.19. The predicted molar refractivity (Wildman–Crippen MR) is 102 cm³/mol. The largest absolute Gasteiger partial charge is 0.365 e. The van der Waals surface area contributed by atoms with Gasteiger partial charge in [0, 0.05) is 36.5 Å². The lowest BCUT2D eigenvalue weighted by Crippen LogP contribution is -2.17. The van der Waals surface area contributed by atoms with Gasteiger partial charge in [0.25, 0.3) is 0 Å². The van der Waals surface area contributed by atoms with Crippen molar-refractivity contribution < 1.29 is 4.39 Å². The van der Waals surface area contributed by atoms with Gasteiger partial charge >= 0.3 is 0 Å². The van der Waals surface area contributed by atoms with Crippen molar-refractivity contribution in [2.24, 2.45) is 5.73 Å². The first-order valence-electron chi connectivity index (χ1n) is 7.16. The van der Waals surface area contributed by atoms with Gasteiger partial charge in [-0.2, -0.15) is 4.98 Å². The average molecular weight is 408 g/mol. The maximum atomic E-state index is 13.7. The summed E-state index contributed by atoms with van der Waals surface area (Å²) >= 11 is 5.96. The number of pyridine rings is 1. The first kappa shape index (κ1) is 21.4. The molecule has 136 valence electrons. The normalized spacial score (nSPS) is 11.5. The number of halogens is 4. The average Bonchev–Trinajstić information content (AvgIpc) is 2.87. The van der Waals surface area contributed by atoms with E-state index in [0.29, 0.717) is 23.4 Å². The lowest BCUT2D eigenvalue weighted by Gasteiger charge is -2.07. The van der Waals surface area contributed by atoms with Gasteiger partial charge in [-0.05, 0) is 30.7 Å². The number of H-pyrrole nitrogens is 1. The topological polar surface area (TPSA) is 92.5 Å². The number of aromatic amines is 1. The minimum Gasteiger partial charge on any atom is -0.365 e. The van der Waals surface area contributed by atoms with Crippen molar-refractivity contribution in [1.82, 2.24) is 19.9 Å². The second-order valence-electron chi connectivity index (χ2n) is 5.40. The SMILES string of the molecule is C[C@H](N)Cc1cc2c(NCc3ccncc3F)nc(Cl)nc2[nH]1.Cl.Cl. The molecule has 0 fully saturated rings. The molecule has 1 atom stereocenters. The molecule has 0 spiro atoms. The van der Waals surface area contributed by atoms with E-state index in [2.05, 4.69) is 25.3 Å². The molecule has 3 aromatic heterocycles. The highest BCUT2D eigenvalue weighted by molar-refractivity contribution is 6.28. The number of anilines is 1. The number of fused-ring (bicyclic) bond motifs is 1. The zero-order chi connectivity index (χ0) is 16.4. The van der Waals surface area contributed by atoms with Crippen molar-refractivity contribution in [2.45, 2.75) is 25.9 Å². The molecule has 0 aliphatic carbocycles. The summed E-state index contributed by atoms with van der Waals surface area (Å²) in [4.78, 5) is 15.3. The Labute approximate surface area is 161 Å². The monoisotopic (exact) mass is 406 g/mol. The third-order valence-electron chi connectivity index (χ3n) is 3.36. The van der Waals surface area contributed by atoms with Gasteiger partial charge in [-0.1, -0.05) is 0 Å². The highest BCUT2D eigenvalue weighted by Crippen LogP contribution is 2.24. The van der Waals surface area contributed by atoms with E-state index in [1.54, 1.807) is 12.3 Å². The summed E-state index contributed by atoms with van der Waals surface area (Å²) in [5.74, 6) is 0.173. The predicted octanol–water partition coefficient (Wildman–Crippen LogP) is 3.49. The van der Waals surface area contributed by atoms with E-state index >= 15 is 0 Å². The van der Waals surface area contributed by atoms with E-state index in [-0.39, 0.29) is 48.5 Å². The molecular weight excluding hydrogens is 390 g/mol. The molecule has 0 amide bonds. The van der Waals surface area contributed by atoms with Crippen LogP contribution in [0.2, 0.25) is 5.28 Å². The van der Waals surface area contributed by atoms with Crippen molar-refractivity contribution in [3.63, 3.8) is 0 Å². The second-order valence-corrected chi connectivity index (χ2v) is 5.74. The third-order valence-corrected chi connectivity index (χ3v) is 3.53. The van der Waals surface area contributed by atoms with E-state index in [1.165, 1.54) is 6.20 Å². The number of nitrogens with two attached hydrogens (primary N) is 1. The summed E-state index contributed by atoms with van der Waals surface area (Å²) < 4.78 is 13.7. The van der Waals surface area contributed by atoms with Gasteiger partial charge in [0.2, 0.25) is 5.28 Å². The summed E-state index contributed by atoms with van der Waals surface area (Å²) in [5.41, 5.74) is 7.89. The van der Waals surface area contributed by atoms with Gasteiger partial charge in [0.05, 0.1) is 11.6 Å². The Morgan fingerprint density at radius 1 is 1.36 bits per heavy atom. The molecule has 0 aliphatic heterocycles. The molecule has 0 saturated heterocycles. The highest BCUT2D eigenvalue weighted by Gasteiger charge is 2.12. The van der Waals surface area contributed by atoms with Crippen LogP contribution < -0.4 is 11.1 Å². The Morgan fingerprint density at radius 2 is 2.12 bits per heavy atom. The summed E-state index contributed by atoms with van der Waals surface area (Å²) in [7, 11) is 0. The number of nitrogens with one attached hydrogen (secondary N) is 2. The van der Waals surface area contributed by atoms with Crippen molar-refractivity contribution in [1.29, 1.82) is 0 Å². The van der Waals surface area contributed by atoms with E-state index in [0.717, 1.165) is 11.1 Å². The van der Waals surface area contributed by atoms with Gasteiger partial charge in [-0.25, -0.2) is 9.37 Å².